The van der Waals surface area contributed by atoms with Gasteiger partial charge in [-0.25, -0.2) is 0 Å². The second-order valence-electron chi connectivity index (χ2n) is 4.14. The summed E-state index contributed by atoms with van der Waals surface area (Å²) >= 11 is 0. The van der Waals surface area contributed by atoms with Crippen LogP contribution in [0.15, 0.2) is 58.7 Å². The molecule has 1 unspecified atom stereocenters. The predicted molar refractivity (Wildman–Crippen MR) is 55.3 cm³/mol. The van der Waals surface area contributed by atoms with Crippen LogP contribution in [-0.4, -0.2) is 0 Å². The smallest absolute Gasteiger partial charge is 0.0426 e. The van der Waals surface area contributed by atoms with Gasteiger partial charge in [-0.2, -0.15) is 0 Å². The summed E-state index contributed by atoms with van der Waals surface area (Å²) in [5.74, 6) is 0. The fourth-order valence-electron chi connectivity index (χ4n) is 2.54. The average molecular weight is 257 g/mol. The van der Waals surface area contributed by atoms with Crippen molar-refractivity contribution in [1.29, 1.82) is 0 Å². The molecule has 0 bridgehead atoms. The van der Waals surface area contributed by atoms with Crippen molar-refractivity contribution in [2.24, 2.45) is 5.41 Å². The first-order valence-electron chi connectivity index (χ1n) is 4.73. The van der Waals surface area contributed by atoms with Crippen molar-refractivity contribution in [3.63, 3.8) is 0 Å². The molecule has 1 atom stereocenters. The first kappa shape index (κ1) is 10.3. The largest absolute Gasteiger partial charge is 0.0617 e. The molecule has 0 spiro atoms. The average Bonchev–Trinajstić information content (AvgIpc) is 2.33. The number of rotatable bonds is 0. The molecule has 0 aromatic heterocycles. The molecule has 0 amide bonds. The van der Waals surface area contributed by atoms with Crippen LogP contribution in [0.4, 0.5) is 0 Å². The van der Waals surface area contributed by atoms with E-state index in [1.165, 1.54) is 22.3 Å². The maximum Gasteiger partial charge on any atom is 0.0426 e. The second kappa shape index (κ2) is 3.15. The third kappa shape index (κ3) is 1.02. The fraction of sp³-hybridized carbons (Fsp3) is 0.231. The van der Waals surface area contributed by atoms with Gasteiger partial charge in [0, 0.05) is 38.1 Å². The SMILES string of the molecule is CC1=C2C=CC3=CC(=CC=C1)C32C.[Y]. The molecule has 67 valence electrons. The Kier molecular flexibility index (Phi) is 2.32. The third-order valence-corrected chi connectivity index (χ3v) is 3.48. The molecule has 0 aromatic rings. The third-order valence-electron chi connectivity index (χ3n) is 3.48. The molecule has 0 aliphatic heterocycles. The molecular formula is C13H12Y. The zero-order chi connectivity index (χ0) is 9.05. The Balaban J connectivity index is 0.000000750. The number of hydrogen-bond acceptors (Lipinski definition) is 0. The summed E-state index contributed by atoms with van der Waals surface area (Å²) in [5, 5.41) is 0. The maximum absolute atomic E-state index is 2.32. The Labute approximate surface area is 110 Å². The summed E-state index contributed by atoms with van der Waals surface area (Å²) in [6.07, 6.45) is 13.4. The standard InChI is InChI=1S/C13H12.Y/c1-9-4-3-5-10-8-11-6-7-12(9)13(10,11)2;/h3-8H,1-2H3;. The number of allylic oxidation sites excluding steroid dienone is 10. The summed E-state index contributed by atoms with van der Waals surface area (Å²) in [5.41, 5.74) is 6.03. The molecule has 1 heteroatoms. The zero-order valence-electron chi connectivity index (χ0n) is 8.54. The van der Waals surface area contributed by atoms with E-state index in [4.69, 9.17) is 0 Å². The Morgan fingerprint density at radius 2 is 1.86 bits per heavy atom. The van der Waals surface area contributed by atoms with Crippen LogP contribution in [-0.2, 0) is 32.7 Å². The van der Waals surface area contributed by atoms with Crippen molar-refractivity contribution in [2.75, 3.05) is 0 Å². The quantitative estimate of drug-likeness (QED) is 0.624. The van der Waals surface area contributed by atoms with Gasteiger partial charge in [-0.05, 0) is 36.1 Å². The summed E-state index contributed by atoms with van der Waals surface area (Å²) in [4.78, 5) is 0. The van der Waals surface area contributed by atoms with Crippen LogP contribution in [0, 0.1) is 5.41 Å². The van der Waals surface area contributed by atoms with Crippen molar-refractivity contribution in [3.05, 3.63) is 58.7 Å². The summed E-state index contributed by atoms with van der Waals surface area (Å²) in [6.45, 7) is 4.51. The van der Waals surface area contributed by atoms with Crippen molar-refractivity contribution in [2.45, 2.75) is 13.8 Å². The molecule has 3 aliphatic carbocycles. The van der Waals surface area contributed by atoms with Crippen LogP contribution in [0.3, 0.4) is 0 Å². The van der Waals surface area contributed by atoms with E-state index in [1.54, 1.807) is 0 Å². The number of hydrogen-bond donors (Lipinski definition) is 0. The molecule has 3 rings (SSSR count). The Bertz CT molecular complexity index is 444. The van der Waals surface area contributed by atoms with Gasteiger partial charge in [0.25, 0.3) is 0 Å². The van der Waals surface area contributed by atoms with Gasteiger partial charge in [-0.15, -0.1) is 0 Å². The van der Waals surface area contributed by atoms with Gasteiger partial charge >= 0.3 is 0 Å². The molecule has 3 aliphatic rings. The Morgan fingerprint density at radius 1 is 1.07 bits per heavy atom. The van der Waals surface area contributed by atoms with Crippen LogP contribution < -0.4 is 0 Å². The maximum atomic E-state index is 2.32. The van der Waals surface area contributed by atoms with Crippen LogP contribution in [0.1, 0.15) is 13.8 Å². The molecule has 0 heterocycles. The van der Waals surface area contributed by atoms with E-state index in [9.17, 15) is 0 Å². The monoisotopic (exact) mass is 257 g/mol. The van der Waals surface area contributed by atoms with Gasteiger partial charge in [0.2, 0.25) is 0 Å². The van der Waals surface area contributed by atoms with Gasteiger partial charge in [0.15, 0.2) is 0 Å². The van der Waals surface area contributed by atoms with Crippen molar-refractivity contribution < 1.29 is 32.7 Å². The molecule has 0 saturated heterocycles. The van der Waals surface area contributed by atoms with Crippen LogP contribution in [0.5, 0.6) is 0 Å². The van der Waals surface area contributed by atoms with Crippen molar-refractivity contribution in [1.82, 2.24) is 0 Å². The zero-order valence-corrected chi connectivity index (χ0v) is 11.4. The van der Waals surface area contributed by atoms with Gasteiger partial charge in [-0.3, -0.25) is 0 Å². The van der Waals surface area contributed by atoms with E-state index in [0.29, 0.717) is 0 Å². The van der Waals surface area contributed by atoms with E-state index < -0.39 is 0 Å². The molecule has 0 fully saturated rings. The normalized spacial score (nSPS) is 31.3. The summed E-state index contributed by atoms with van der Waals surface area (Å²) in [7, 11) is 0. The fourth-order valence-corrected chi connectivity index (χ4v) is 2.54. The molecule has 14 heavy (non-hydrogen) atoms. The molecule has 1 radical (unpaired) electrons. The van der Waals surface area contributed by atoms with Crippen molar-refractivity contribution in [3.8, 4) is 0 Å². The van der Waals surface area contributed by atoms with Crippen LogP contribution >= 0.6 is 0 Å². The van der Waals surface area contributed by atoms with Crippen molar-refractivity contribution >= 4 is 0 Å². The molecule has 0 N–H and O–H groups in total. The van der Waals surface area contributed by atoms with Gasteiger partial charge in [0.1, 0.15) is 0 Å². The Morgan fingerprint density at radius 3 is 2.64 bits per heavy atom. The van der Waals surface area contributed by atoms with E-state index in [1.807, 2.05) is 0 Å². The van der Waals surface area contributed by atoms with Gasteiger partial charge in [-0.1, -0.05) is 36.5 Å². The molecule has 0 saturated carbocycles. The summed E-state index contributed by atoms with van der Waals surface area (Å²) in [6, 6.07) is 0. The van der Waals surface area contributed by atoms with Crippen LogP contribution in [0.2, 0.25) is 0 Å². The minimum Gasteiger partial charge on any atom is -0.0617 e. The minimum atomic E-state index is 0. The van der Waals surface area contributed by atoms with Crippen LogP contribution in [0.25, 0.3) is 0 Å². The van der Waals surface area contributed by atoms with Gasteiger partial charge < -0.3 is 0 Å². The molecule has 0 aromatic carbocycles. The topological polar surface area (TPSA) is 0 Å². The van der Waals surface area contributed by atoms with E-state index in [2.05, 4.69) is 50.3 Å². The molecular weight excluding hydrogens is 245 g/mol. The second-order valence-corrected chi connectivity index (χ2v) is 4.14. The van der Waals surface area contributed by atoms with E-state index >= 15 is 0 Å². The first-order valence-corrected chi connectivity index (χ1v) is 4.73. The minimum absolute atomic E-state index is 0. The Hall–Kier alpha value is -0.196. The predicted octanol–water partition coefficient (Wildman–Crippen LogP) is 3.31. The van der Waals surface area contributed by atoms with Gasteiger partial charge in [0.05, 0.1) is 0 Å². The van der Waals surface area contributed by atoms with E-state index in [0.717, 1.165) is 0 Å². The summed E-state index contributed by atoms with van der Waals surface area (Å²) < 4.78 is 0. The van der Waals surface area contributed by atoms with E-state index in [-0.39, 0.29) is 38.1 Å². The molecule has 0 nitrogen and oxygen atoms in total. The first-order chi connectivity index (χ1) is 6.23.